The average molecular weight is 333 g/mol. The highest BCUT2D eigenvalue weighted by Gasteiger charge is 2.24. The first-order valence-corrected chi connectivity index (χ1v) is 7.76. The Morgan fingerprint density at radius 1 is 1.21 bits per heavy atom. The lowest BCUT2D eigenvalue weighted by Crippen LogP contribution is -2.49. The molecule has 1 aliphatic rings. The Hall–Kier alpha value is -2.54. The second-order valence-corrected chi connectivity index (χ2v) is 5.54. The first-order valence-electron chi connectivity index (χ1n) is 7.76. The quantitative estimate of drug-likeness (QED) is 0.835. The van der Waals surface area contributed by atoms with Crippen LogP contribution in [-0.4, -0.2) is 56.8 Å². The van der Waals surface area contributed by atoms with E-state index in [1.54, 1.807) is 11.8 Å². The fraction of sp³-hybridized carbons (Fsp3) is 0.412. The zero-order valence-electron chi connectivity index (χ0n) is 14.1. The summed E-state index contributed by atoms with van der Waals surface area (Å²) in [6, 6.07) is 7.59. The molecular weight excluding hydrogens is 310 g/mol. The van der Waals surface area contributed by atoms with Crippen molar-refractivity contribution in [3.05, 3.63) is 36.6 Å². The fourth-order valence-electron chi connectivity index (χ4n) is 2.52. The molecule has 24 heavy (non-hydrogen) atoms. The van der Waals surface area contributed by atoms with Crippen LogP contribution in [0, 0.1) is 0 Å². The molecule has 1 N–H and O–H groups in total. The van der Waals surface area contributed by atoms with E-state index in [-0.39, 0.29) is 18.6 Å². The second kappa shape index (κ2) is 8.35. The molecule has 1 fully saturated rings. The third kappa shape index (κ3) is 4.73. The van der Waals surface area contributed by atoms with Crippen LogP contribution >= 0.6 is 0 Å². The largest absolute Gasteiger partial charge is 0.416 e. The normalized spacial score (nSPS) is 14.2. The van der Waals surface area contributed by atoms with E-state index in [0.29, 0.717) is 31.9 Å². The number of methoxy groups -OCH3 is 1. The van der Waals surface area contributed by atoms with Gasteiger partial charge in [0.2, 0.25) is 5.91 Å². The van der Waals surface area contributed by atoms with Gasteiger partial charge in [0.15, 0.2) is 0 Å². The monoisotopic (exact) mass is 333 g/mol. The van der Waals surface area contributed by atoms with Gasteiger partial charge >= 0.3 is 6.09 Å². The molecule has 0 aliphatic carbocycles. The number of allylic oxidation sites excluding steroid dienone is 1. The van der Waals surface area contributed by atoms with Crippen LogP contribution in [0.4, 0.5) is 16.2 Å². The summed E-state index contributed by atoms with van der Waals surface area (Å²) in [5.74, 6) is 0.183. The maximum Gasteiger partial charge on any atom is 0.414 e. The molecule has 2 rings (SSSR count). The minimum absolute atomic E-state index is 0.00879. The van der Waals surface area contributed by atoms with Crippen molar-refractivity contribution in [3.63, 3.8) is 0 Å². The third-order valence-corrected chi connectivity index (χ3v) is 3.59. The molecule has 0 aromatic heterocycles. The van der Waals surface area contributed by atoms with Crippen molar-refractivity contribution in [2.75, 3.05) is 50.1 Å². The van der Waals surface area contributed by atoms with Crippen LogP contribution in [0.2, 0.25) is 0 Å². The van der Waals surface area contributed by atoms with Crippen molar-refractivity contribution in [3.8, 4) is 0 Å². The van der Waals surface area contributed by atoms with Gasteiger partial charge in [0, 0.05) is 33.3 Å². The van der Waals surface area contributed by atoms with E-state index in [1.165, 1.54) is 7.11 Å². The predicted octanol–water partition coefficient (Wildman–Crippen LogP) is 2.06. The van der Waals surface area contributed by atoms with Gasteiger partial charge in [-0.2, -0.15) is 0 Å². The summed E-state index contributed by atoms with van der Waals surface area (Å²) in [4.78, 5) is 27.4. The lowest BCUT2D eigenvalue weighted by atomic mass is 10.2. The number of carbonyl (C=O) groups is 2. The van der Waals surface area contributed by atoms with Crippen molar-refractivity contribution >= 4 is 23.4 Å². The fourth-order valence-corrected chi connectivity index (χ4v) is 2.52. The summed E-state index contributed by atoms with van der Waals surface area (Å²) in [7, 11) is 1.48. The average Bonchev–Trinajstić information content (AvgIpc) is 2.55. The SMILES string of the molecule is C=C(C)OC(=O)N1CCN(c2ccccc2NC(=O)COC)CC1. The van der Waals surface area contributed by atoms with Gasteiger partial charge in [-0.15, -0.1) is 0 Å². The maximum absolute atomic E-state index is 11.9. The van der Waals surface area contributed by atoms with Gasteiger partial charge in [-0.1, -0.05) is 18.7 Å². The molecule has 0 radical (unpaired) electrons. The number of nitrogens with zero attached hydrogens (tertiary/aromatic N) is 2. The van der Waals surface area contributed by atoms with Gasteiger partial charge in [0.05, 0.1) is 17.1 Å². The van der Waals surface area contributed by atoms with Gasteiger partial charge in [0.25, 0.3) is 0 Å². The van der Waals surface area contributed by atoms with Gasteiger partial charge in [-0.05, 0) is 19.1 Å². The topological polar surface area (TPSA) is 71.1 Å². The summed E-state index contributed by atoms with van der Waals surface area (Å²) < 4.78 is 9.88. The number of anilines is 2. The molecule has 7 heteroatoms. The minimum Gasteiger partial charge on any atom is -0.416 e. The number of benzene rings is 1. The van der Waals surface area contributed by atoms with Crippen molar-refractivity contribution < 1.29 is 19.1 Å². The Bertz CT molecular complexity index is 610. The lowest BCUT2D eigenvalue weighted by molar-refractivity contribution is -0.119. The second-order valence-electron chi connectivity index (χ2n) is 5.54. The van der Waals surface area contributed by atoms with Gasteiger partial charge < -0.3 is 24.6 Å². The van der Waals surface area contributed by atoms with Crippen molar-refractivity contribution in [1.82, 2.24) is 4.90 Å². The Morgan fingerprint density at radius 3 is 2.50 bits per heavy atom. The maximum atomic E-state index is 11.9. The van der Waals surface area contributed by atoms with Crippen molar-refractivity contribution in [1.29, 1.82) is 0 Å². The number of rotatable bonds is 5. The van der Waals surface area contributed by atoms with E-state index in [4.69, 9.17) is 9.47 Å². The van der Waals surface area contributed by atoms with E-state index in [1.807, 2.05) is 24.3 Å². The Labute approximate surface area is 141 Å². The highest BCUT2D eigenvalue weighted by molar-refractivity contribution is 5.95. The Kier molecular flexibility index (Phi) is 6.20. The van der Waals surface area contributed by atoms with E-state index in [9.17, 15) is 9.59 Å². The third-order valence-electron chi connectivity index (χ3n) is 3.59. The number of hydrogen-bond donors (Lipinski definition) is 1. The highest BCUT2D eigenvalue weighted by atomic mass is 16.6. The molecule has 1 aliphatic heterocycles. The molecule has 0 atom stereocenters. The van der Waals surface area contributed by atoms with E-state index >= 15 is 0 Å². The molecule has 1 saturated heterocycles. The van der Waals surface area contributed by atoms with Crippen molar-refractivity contribution in [2.24, 2.45) is 0 Å². The standard InChI is InChI=1S/C17H23N3O4/c1-13(2)24-17(22)20-10-8-19(9-11-20)15-7-5-4-6-14(15)18-16(21)12-23-3/h4-7H,1,8-12H2,2-3H3,(H,18,21). The smallest absolute Gasteiger partial charge is 0.414 e. The zero-order chi connectivity index (χ0) is 17.5. The minimum atomic E-state index is -0.371. The zero-order valence-corrected chi connectivity index (χ0v) is 14.1. The number of carbonyl (C=O) groups excluding carboxylic acids is 2. The van der Waals surface area contributed by atoms with Gasteiger partial charge in [-0.25, -0.2) is 4.79 Å². The number of hydrogen-bond acceptors (Lipinski definition) is 5. The lowest BCUT2D eigenvalue weighted by Gasteiger charge is -2.36. The van der Waals surface area contributed by atoms with E-state index in [0.717, 1.165) is 11.4 Å². The molecule has 0 saturated carbocycles. The summed E-state index contributed by atoms with van der Waals surface area (Å²) in [5, 5.41) is 2.85. The molecule has 1 aromatic rings. The molecule has 0 bridgehead atoms. The summed E-state index contributed by atoms with van der Waals surface area (Å²) >= 11 is 0. The van der Waals surface area contributed by atoms with Crippen LogP contribution < -0.4 is 10.2 Å². The van der Waals surface area contributed by atoms with Crippen LogP contribution in [-0.2, 0) is 14.3 Å². The van der Waals surface area contributed by atoms with Gasteiger partial charge in [0.1, 0.15) is 6.61 Å². The molecule has 1 heterocycles. The van der Waals surface area contributed by atoms with Crippen LogP contribution in [0.15, 0.2) is 36.6 Å². The molecule has 2 amide bonds. The molecule has 130 valence electrons. The highest BCUT2D eigenvalue weighted by Crippen LogP contribution is 2.26. The van der Waals surface area contributed by atoms with Crippen molar-refractivity contribution in [2.45, 2.75) is 6.92 Å². The number of ether oxygens (including phenoxy) is 2. The summed E-state index contributed by atoms with van der Waals surface area (Å²) in [5.41, 5.74) is 1.66. The van der Waals surface area contributed by atoms with Crippen LogP contribution in [0.5, 0.6) is 0 Å². The number of piperazine rings is 1. The van der Waals surface area contributed by atoms with Crippen LogP contribution in [0.1, 0.15) is 6.92 Å². The first-order chi connectivity index (χ1) is 11.5. The molecule has 0 spiro atoms. The predicted molar refractivity (Wildman–Crippen MR) is 92.0 cm³/mol. The van der Waals surface area contributed by atoms with E-state index in [2.05, 4.69) is 16.8 Å². The molecule has 0 unspecified atom stereocenters. The number of amides is 2. The van der Waals surface area contributed by atoms with E-state index < -0.39 is 0 Å². The van der Waals surface area contributed by atoms with Crippen LogP contribution in [0.3, 0.4) is 0 Å². The summed E-state index contributed by atoms with van der Waals surface area (Å²) in [6.45, 7) is 7.64. The van der Waals surface area contributed by atoms with Crippen LogP contribution in [0.25, 0.3) is 0 Å². The summed E-state index contributed by atoms with van der Waals surface area (Å²) in [6.07, 6.45) is -0.371. The Morgan fingerprint density at radius 2 is 1.88 bits per heavy atom. The molecule has 7 nitrogen and oxygen atoms in total. The molecule has 1 aromatic carbocycles. The first kappa shape index (κ1) is 17.8. The number of nitrogens with one attached hydrogen (secondary N) is 1. The molecular formula is C17H23N3O4. The Balaban J connectivity index is 2.00. The number of para-hydroxylation sites is 2. The van der Waals surface area contributed by atoms with Gasteiger partial charge in [-0.3, -0.25) is 4.79 Å².